The topological polar surface area (TPSA) is 42.3 Å². The van der Waals surface area contributed by atoms with Crippen LogP contribution in [0.1, 0.15) is 11.1 Å². The molecule has 0 unspecified atom stereocenters. The third kappa shape index (κ3) is 1.83. The van der Waals surface area contributed by atoms with Crippen LogP contribution in [0.3, 0.4) is 0 Å². The number of benzene rings is 1. The van der Waals surface area contributed by atoms with E-state index in [1.54, 1.807) is 43.2 Å². The minimum absolute atomic E-state index is 0.217. The van der Waals surface area contributed by atoms with Gasteiger partial charge in [-0.2, -0.15) is 5.26 Å². The van der Waals surface area contributed by atoms with Gasteiger partial charge in [0.05, 0.1) is 11.9 Å². The van der Waals surface area contributed by atoms with Gasteiger partial charge in [-0.15, -0.1) is 5.53 Å². The first kappa shape index (κ1) is 11.4. The van der Waals surface area contributed by atoms with Crippen molar-refractivity contribution in [2.45, 2.75) is 13.8 Å². The molecule has 1 heterocycles. The fourth-order valence-electron chi connectivity index (χ4n) is 1.75. The first-order valence-corrected chi connectivity index (χ1v) is 5.21. The molecule has 0 radical (unpaired) electrons. The van der Waals surface area contributed by atoms with Crippen molar-refractivity contribution in [2.75, 3.05) is 12.1 Å². The minimum atomic E-state index is -0.217. The summed E-state index contributed by atoms with van der Waals surface area (Å²) in [6, 6.07) is 5.59. The number of anilines is 1. The molecule has 1 aliphatic rings. The first-order chi connectivity index (χ1) is 8.04. The zero-order chi connectivity index (χ0) is 12.6. The number of allylic oxidation sites excluding steroid dienone is 1. The Morgan fingerprint density at radius 2 is 2.06 bits per heavy atom. The summed E-state index contributed by atoms with van der Waals surface area (Å²) in [5.74, 6) is -0.217. The van der Waals surface area contributed by atoms with Crippen molar-refractivity contribution < 1.29 is 4.39 Å². The van der Waals surface area contributed by atoms with E-state index in [0.717, 1.165) is 0 Å². The van der Waals surface area contributed by atoms with Gasteiger partial charge in [0.2, 0.25) is 0 Å². The van der Waals surface area contributed by atoms with Crippen LogP contribution in [0.25, 0.3) is 0 Å². The summed E-state index contributed by atoms with van der Waals surface area (Å²) in [6.07, 6.45) is 1.64. The molecule has 0 atom stereocenters. The third-order valence-corrected chi connectivity index (χ3v) is 2.80. The maximum absolute atomic E-state index is 13.8. The Balaban J connectivity index is 2.41. The van der Waals surface area contributed by atoms with Crippen LogP contribution in [0.15, 0.2) is 24.0 Å². The van der Waals surface area contributed by atoms with Crippen LogP contribution in [0.4, 0.5) is 10.1 Å². The van der Waals surface area contributed by atoms with Crippen molar-refractivity contribution in [3.8, 4) is 6.07 Å². The molecule has 1 aromatic rings. The van der Waals surface area contributed by atoms with E-state index < -0.39 is 0 Å². The van der Waals surface area contributed by atoms with Crippen molar-refractivity contribution in [3.63, 3.8) is 0 Å². The highest BCUT2D eigenvalue weighted by molar-refractivity contribution is 5.57. The second kappa shape index (κ2) is 4.07. The number of hydrogen-bond acceptors (Lipinski definition) is 4. The number of hydrogen-bond donors (Lipinski definition) is 1. The Bertz CT molecular complexity index is 530. The van der Waals surface area contributed by atoms with Crippen molar-refractivity contribution in [1.29, 1.82) is 5.26 Å². The molecule has 4 nitrogen and oxygen atoms in total. The van der Waals surface area contributed by atoms with Crippen molar-refractivity contribution >= 4 is 5.69 Å². The highest BCUT2D eigenvalue weighted by Gasteiger charge is 2.20. The number of hydrazine groups is 2. The molecule has 0 spiro atoms. The second-order valence-corrected chi connectivity index (χ2v) is 4.00. The molecular formula is C12H13FN4. The Labute approximate surface area is 99.5 Å². The molecule has 0 saturated carbocycles. The molecular weight excluding hydrogens is 219 g/mol. The number of nitrogens with one attached hydrogen (secondary N) is 1. The van der Waals surface area contributed by atoms with Crippen LogP contribution >= 0.6 is 0 Å². The van der Waals surface area contributed by atoms with Gasteiger partial charge in [-0.25, -0.2) is 4.39 Å². The number of rotatable bonds is 1. The van der Waals surface area contributed by atoms with Gasteiger partial charge in [0.1, 0.15) is 17.6 Å². The number of aryl methyl sites for hydroxylation is 1. The van der Waals surface area contributed by atoms with E-state index in [0.29, 0.717) is 22.5 Å². The molecule has 88 valence electrons. The van der Waals surface area contributed by atoms with E-state index in [2.05, 4.69) is 5.53 Å². The fourth-order valence-corrected chi connectivity index (χ4v) is 1.75. The Morgan fingerprint density at radius 1 is 1.35 bits per heavy atom. The Hall–Kier alpha value is -2.06. The molecule has 0 bridgehead atoms. The average molecular weight is 232 g/mol. The lowest BCUT2D eigenvalue weighted by Gasteiger charge is -2.21. The van der Waals surface area contributed by atoms with Crippen molar-refractivity contribution in [2.24, 2.45) is 0 Å². The van der Waals surface area contributed by atoms with Crippen LogP contribution in [0, 0.1) is 31.0 Å². The zero-order valence-electron chi connectivity index (χ0n) is 9.95. The molecule has 0 aliphatic carbocycles. The van der Waals surface area contributed by atoms with Gasteiger partial charge in [0.25, 0.3) is 0 Å². The summed E-state index contributed by atoms with van der Waals surface area (Å²) in [7, 11) is 1.73. The molecule has 1 aliphatic heterocycles. The van der Waals surface area contributed by atoms with Crippen LogP contribution in [0.2, 0.25) is 0 Å². The summed E-state index contributed by atoms with van der Waals surface area (Å²) in [4.78, 5) is 0. The smallest absolute Gasteiger partial charge is 0.149 e. The molecule has 0 fully saturated rings. The van der Waals surface area contributed by atoms with Crippen LogP contribution in [0.5, 0.6) is 0 Å². The molecule has 2 rings (SSSR count). The summed E-state index contributed by atoms with van der Waals surface area (Å²) in [5.41, 5.74) is 5.29. The summed E-state index contributed by atoms with van der Waals surface area (Å²) < 4.78 is 13.8. The zero-order valence-corrected chi connectivity index (χ0v) is 9.95. The Kier molecular flexibility index (Phi) is 2.74. The predicted molar refractivity (Wildman–Crippen MR) is 62.9 cm³/mol. The third-order valence-electron chi connectivity index (χ3n) is 2.80. The Morgan fingerprint density at radius 3 is 2.65 bits per heavy atom. The lowest BCUT2D eigenvalue weighted by Crippen LogP contribution is -2.38. The molecule has 17 heavy (non-hydrogen) atoms. The highest BCUT2D eigenvalue weighted by atomic mass is 19.1. The molecule has 0 aromatic heterocycles. The van der Waals surface area contributed by atoms with Crippen molar-refractivity contribution in [3.05, 3.63) is 41.0 Å². The van der Waals surface area contributed by atoms with Gasteiger partial charge >= 0.3 is 0 Å². The summed E-state index contributed by atoms with van der Waals surface area (Å²) >= 11 is 0. The monoisotopic (exact) mass is 232 g/mol. The van der Waals surface area contributed by atoms with Gasteiger partial charge in [-0.05, 0) is 25.5 Å². The standard InChI is InChI=1S/C12H13FN4/c1-8-4-5-11(9(2)12(8)13)17-7-10(6-14)16(3)15-17/h4-5,7,15H,1-3H3. The van der Waals surface area contributed by atoms with E-state index in [1.807, 2.05) is 12.1 Å². The van der Waals surface area contributed by atoms with E-state index in [-0.39, 0.29) is 5.82 Å². The highest BCUT2D eigenvalue weighted by Crippen LogP contribution is 2.26. The largest absolute Gasteiger partial charge is 0.282 e. The number of nitrogens with zero attached hydrogens (tertiary/aromatic N) is 3. The SMILES string of the molecule is Cc1ccc(N2C=C(C#N)N(C)N2)c(C)c1F. The van der Waals surface area contributed by atoms with E-state index in [4.69, 9.17) is 5.26 Å². The molecule has 5 heteroatoms. The number of nitriles is 1. The second-order valence-electron chi connectivity index (χ2n) is 4.00. The normalized spacial score (nSPS) is 14.9. The van der Waals surface area contributed by atoms with Gasteiger partial charge in [0, 0.05) is 12.6 Å². The maximum Gasteiger partial charge on any atom is 0.149 e. The average Bonchev–Trinajstić information content (AvgIpc) is 2.67. The predicted octanol–water partition coefficient (Wildman–Crippen LogP) is 1.98. The van der Waals surface area contributed by atoms with Gasteiger partial charge in [0.15, 0.2) is 0 Å². The van der Waals surface area contributed by atoms with Gasteiger partial charge in [-0.1, -0.05) is 6.07 Å². The first-order valence-electron chi connectivity index (χ1n) is 5.21. The van der Waals surface area contributed by atoms with E-state index in [1.165, 1.54) is 0 Å². The minimum Gasteiger partial charge on any atom is -0.282 e. The van der Waals surface area contributed by atoms with Crippen molar-refractivity contribution in [1.82, 2.24) is 10.5 Å². The molecule has 0 amide bonds. The fraction of sp³-hybridized carbons (Fsp3) is 0.250. The van der Waals surface area contributed by atoms with E-state index >= 15 is 0 Å². The van der Waals surface area contributed by atoms with E-state index in [9.17, 15) is 4.39 Å². The number of halogens is 1. The lowest BCUT2D eigenvalue weighted by molar-refractivity contribution is 0.343. The summed E-state index contributed by atoms with van der Waals surface area (Å²) in [6.45, 7) is 3.45. The van der Waals surface area contributed by atoms with Gasteiger partial charge in [-0.3, -0.25) is 10.0 Å². The van der Waals surface area contributed by atoms with Crippen LogP contribution in [-0.2, 0) is 0 Å². The van der Waals surface area contributed by atoms with Crippen LogP contribution < -0.4 is 10.5 Å². The molecule has 0 saturated heterocycles. The van der Waals surface area contributed by atoms with Gasteiger partial charge < -0.3 is 0 Å². The summed E-state index contributed by atoms with van der Waals surface area (Å²) in [5, 5.41) is 12.1. The van der Waals surface area contributed by atoms with Crippen LogP contribution in [-0.4, -0.2) is 12.1 Å². The quantitative estimate of drug-likeness (QED) is 0.804. The molecule has 1 aromatic carbocycles. The molecule has 1 N–H and O–H groups in total. The maximum atomic E-state index is 13.8. The lowest BCUT2D eigenvalue weighted by atomic mass is 10.1.